The summed E-state index contributed by atoms with van der Waals surface area (Å²) in [7, 11) is 0. The SMILES string of the molecule is CC(C)N1Cc2c(n(CC(=O)Nc3ccc(F)cn3)c3cc(C4CCNC4)nn3c2=O)C1=O.Cl. The van der Waals surface area contributed by atoms with Crippen LogP contribution >= 0.6 is 12.4 Å². The molecule has 1 fully saturated rings. The molecule has 0 spiro atoms. The largest absolute Gasteiger partial charge is 0.330 e. The van der Waals surface area contributed by atoms with Crippen molar-refractivity contribution in [1.82, 2.24) is 29.4 Å². The van der Waals surface area contributed by atoms with Gasteiger partial charge in [0.2, 0.25) is 5.91 Å². The van der Waals surface area contributed by atoms with E-state index in [9.17, 15) is 18.8 Å². The van der Waals surface area contributed by atoms with E-state index in [0.717, 1.165) is 31.4 Å². The number of carbonyl (C=O) groups excluding carboxylic acids is 2. The van der Waals surface area contributed by atoms with Crippen LogP contribution < -0.4 is 16.2 Å². The monoisotopic (exact) mass is 489 g/mol. The van der Waals surface area contributed by atoms with Crippen LogP contribution in [0.4, 0.5) is 10.2 Å². The molecule has 2 aliphatic rings. The highest BCUT2D eigenvalue weighted by atomic mass is 35.5. The first kappa shape index (κ1) is 23.8. The predicted octanol–water partition coefficient (Wildman–Crippen LogP) is 1.53. The van der Waals surface area contributed by atoms with Gasteiger partial charge in [-0.25, -0.2) is 9.37 Å². The fourth-order valence-corrected chi connectivity index (χ4v) is 4.46. The Bertz CT molecular complexity index is 1310. The molecule has 0 aliphatic carbocycles. The highest BCUT2D eigenvalue weighted by Gasteiger charge is 2.36. The summed E-state index contributed by atoms with van der Waals surface area (Å²) in [5.74, 6) is -0.912. The van der Waals surface area contributed by atoms with Gasteiger partial charge in [-0.2, -0.15) is 9.61 Å². The summed E-state index contributed by atoms with van der Waals surface area (Å²) in [5.41, 5.74) is 1.34. The zero-order valence-corrected chi connectivity index (χ0v) is 19.6. The number of hydrogen-bond donors (Lipinski definition) is 2. The minimum absolute atomic E-state index is 0. The molecule has 2 N–H and O–H groups in total. The number of carbonyl (C=O) groups is 2. The van der Waals surface area contributed by atoms with Gasteiger partial charge in [-0.1, -0.05) is 0 Å². The number of hydrogen-bond acceptors (Lipinski definition) is 6. The van der Waals surface area contributed by atoms with Crippen molar-refractivity contribution in [3.63, 3.8) is 0 Å². The summed E-state index contributed by atoms with van der Waals surface area (Å²) in [5, 5.41) is 10.5. The van der Waals surface area contributed by atoms with Gasteiger partial charge in [0.25, 0.3) is 11.5 Å². The number of nitrogens with one attached hydrogen (secondary N) is 2. The number of rotatable bonds is 5. The molecule has 1 saturated heterocycles. The van der Waals surface area contributed by atoms with Gasteiger partial charge in [0.1, 0.15) is 29.5 Å². The first-order chi connectivity index (χ1) is 15.8. The van der Waals surface area contributed by atoms with Crippen LogP contribution in [0, 0.1) is 5.82 Å². The van der Waals surface area contributed by atoms with Gasteiger partial charge in [0, 0.05) is 24.6 Å². The molecule has 1 atom stereocenters. The second kappa shape index (κ2) is 9.15. The van der Waals surface area contributed by atoms with Crippen molar-refractivity contribution in [2.45, 2.75) is 45.3 Å². The third-order valence-electron chi connectivity index (χ3n) is 6.18. The Morgan fingerprint density at radius 3 is 2.76 bits per heavy atom. The van der Waals surface area contributed by atoms with Crippen LogP contribution in [0.2, 0.25) is 0 Å². The van der Waals surface area contributed by atoms with Gasteiger partial charge in [-0.15, -0.1) is 12.4 Å². The summed E-state index contributed by atoms with van der Waals surface area (Å²) in [6.45, 7) is 5.32. The lowest BCUT2D eigenvalue weighted by Gasteiger charge is -2.20. The number of aromatic nitrogens is 4. The van der Waals surface area contributed by atoms with Crippen LogP contribution in [0.3, 0.4) is 0 Å². The highest BCUT2D eigenvalue weighted by Crippen LogP contribution is 2.27. The number of nitrogens with zero attached hydrogens (tertiary/aromatic N) is 5. The van der Waals surface area contributed by atoms with Gasteiger partial charge >= 0.3 is 0 Å². The standard InChI is InChI=1S/C22H24FN7O3.ClH/c1-12(2)28-10-15-20(22(28)33)29(11-18(31)26-17-4-3-14(23)9-25-17)19-7-16(13-5-6-24-8-13)27-30(19)21(15)32;/h3-4,7,9,12-13,24H,5-6,8,10-11H2,1-2H3,(H,25,26,31);1H. The smallest absolute Gasteiger partial charge is 0.280 e. The first-order valence-electron chi connectivity index (χ1n) is 10.9. The van der Waals surface area contributed by atoms with E-state index >= 15 is 0 Å². The van der Waals surface area contributed by atoms with E-state index in [-0.39, 0.29) is 60.4 Å². The van der Waals surface area contributed by atoms with Crippen LogP contribution in [0.25, 0.3) is 5.65 Å². The molecule has 5 rings (SSSR count). The maximum atomic E-state index is 13.3. The Kier molecular flexibility index (Phi) is 6.41. The summed E-state index contributed by atoms with van der Waals surface area (Å²) < 4.78 is 16.0. The molecule has 2 amide bonds. The molecule has 5 heterocycles. The zero-order valence-electron chi connectivity index (χ0n) is 18.7. The Hall–Kier alpha value is -3.31. The Labute approximate surface area is 200 Å². The van der Waals surface area contributed by atoms with E-state index in [0.29, 0.717) is 11.2 Å². The molecular weight excluding hydrogens is 465 g/mol. The third-order valence-corrected chi connectivity index (χ3v) is 6.18. The molecule has 1 unspecified atom stereocenters. The lowest BCUT2D eigenvalue weighted by molar-refractivity contribution is -0.116. The molecule has 10 nitrogen and oxygen atoms in total. The van der Waals surface area contributed by atoms with Gasteiger partial charge in [-0.3, -0.25) is 14.4 Å². The van der Waals surface area contributed by atoms with Crippen molar-refractivity contribution in [3.8, 4) is 0 Å². The lowest BCUT2D eigenvalue weighted by Crippen LogP contribution is -2.32. The molecule has 0 saturated carbocycles. The van der Waals surface area contributed by atoms with Crippen LogP contribution in [0.5, 0.6) is 0 Å². The van der Waals surface area contributed by atoms with E-state index in [1.54, 1.807) is 15.5 Å². The average Bonchev–Trinajstić information content (AvgIpc) is 3.51. The van der Waals surface area contributed by atoms with Crippen molar-refractivity contribution in [1.29, 1.82) is 0 Å². The molecule has 0 radical (unpaired) electrons. The second-order valence-corrected chi connectivity index (χ2v) is 8.68. The van der Waals surface area contributed by atoms with E-state index in [4.69, 9.17) is 0 Å². The molecule has 3 aromatic heterocycles. The fraction of sp³-hybridized carbons (Fsp3) is 0.409. The number of amides is 2. The number of pyridine rings is 1. The van der Waals surface area contributed by atoms with Crippen LogP contribution in [-0.4, -0.2) is 55.0 Å². The number of fused-ring (bicyclic) bond motifs is 2. The van der Waals surface area contributed by atoms with Crippen molar-refractivity contribution >= 4 is 35.7 Å². The number of anilines is 1. The summed E-state index contributed by atoms with van der Waals surface area (Å²) in [6.07, 6.45) is 1.91. The minimum Gasteiger partial charge on any atom is -0.330 e. The third kappa shape index (κ3) is 4.05. The normalized spacial score (nSPS) is 17.4. The van der Waals surface area contributed by atoms with E-state index in [2.05, 4.69) is 20.7 Å². The van der Waals surface area contributed by atoms with Gasteiger partial charge in [-0.05, 0) is 38.9 Å². The quantitative estimate of drug-likeness (QED) is 0.562. The number of halogens is 2. The zero-order chi connectivity index (χ0) is 23.3. The van der Waals surface area contributed by atoms with Crippen LogP contribution in [0.15, 0.2) is 29.2 Å². The summed E-state index contributed by atoms with van der Waals surface area (Å²) in [4.78, 5) is 44.8. The van der Waals surface area contributed by atoms with E-state index in [1.807, 2.05) is 13.8 Å². The van der Waals surface area contributed by atoms with Crippen LogP contribution in [0.1, 0.15) is 47.9 Å². The van der Waals surface area contributed by atoms with Gasteiger partial charge in [0.05, 0.1) is 24.0 Å². The van der Waals surface area contributed by atoms with E-state index in [1.165, 1.54) is 16.6 Å². The maximum Gasteiger partial charge on any atom is 0.280 e. The minimum atomic E-state index is -0.513. The van der Waals surface area contributed by atoms with Crippen molar-refractivity contribution in [2.75, 3.05) is 18.4 Å². The molecule has 34 heavy (non-hydrogen) atoms. The topological polar surface area (TPSA) is 114 Å². The lowest BCUT2D eigenvalue weighted by atomic mass is 10.1. The second-order valence-electron chi connectivity index (χ2n) is 8.68. The Balaban J connectivity index is 0.00000274. The summed E-state index contributed by atoms with van der Waals surface area (Å²) >= 11 is 0. The Morgan fingerprint density at radius 1 is 1.32 bits per heavy atom. The van der Waals surface area contributed by atoms with Crippen LogP contribution in [-0.2, 0) is 17.9 Å². The van der Waals surface area contributed by atoms with Crippen molar-refractivity contribution in [3.05, 3.63) is 57.5 Å². The van der Waals surface area contributed by atoms with E-state index < -0.39 is 11.7 Å². The van der Waals surface area contributed by atoms with Crippen molar-refractivity contribution in [2.24, 2.45) is 0 Å². The Morgan fingerprint density at radius 2 is 2.12 bits per heavy atom. The van der Waals surface area contributed by atoms with Crippen molar-refractivity contribution < 1.29 is 14.0 Å². The summed E-state index contributed by atoms with van der Waals surface area (Å²) in [6, 6.07) is 4.23. The molecule has 2 aliphatic heterocycles. The maximum absolute atomic E-state index is 13.3. The average molecular weight is 490 g/mol. The molecular formula is C22H25ClFN7O3. The molecule has 12 heteroatoms. The molecule has 3 aromatic rings. The first-order valence-corrected chi connectivity index (χ1v) is 10.9. The predicted molar refractivity (Wildman–Crippen MR) is 125 cm³/mol. The molecule has 0 bridgehead atoms. The van der Waals surface area contributed by atoms with Gasteiger partial charge in [0.15, 0.2) is 0 Å². The highest BCUT2D eigenvalue weighted by molar-refractivity contribution is 5.98. The fourth-order valence-electron chi connectivity index (χ4n) is 4.46. The molecule has 0 aromatic carbocycles. The molecule has 180 valence electrons. The van der Waals surface area contributed by atoms with Gasteiger partial charge < -0.3 is 20.1 Å².